The van der Waals surface area contributed by atoms with Crippen LogP contribution in [0.4, 0.5) is 5.69 Å². The van der Waals surface area contributed by atoms with Crippen LogP contribution in [0.1, 0.15) is 6.42 Å². The smallest absolute Gasteiger partial charge is 0.115 e. The van der Waals surface area contributed by atoms with E-state index in [0.717, 1.165) is 25.2 Å². The molecule has 0 amide bonds. The number of hydrogen-bond donors (Lipinski definition) is 2. The molecule has 108 valence electrons. The molecule has 1 saturated heterocycles. The Morgan fingerprint density at radius 1 is 1.42 bits per heavy atom. The van der Waals surface area contributed by atoms with Crippen LogP contribution < -0.4 is 9.62 Å². The van der Waals surface area contributed by atoms with E-state index >= 15 is 0 Å². The van der Waals surface area contributed by atoms with Crippen LogP contribution in [-0.2, 0) is 4.18 Å². The lowest BCUT2D eigenvalue weighted by molar-refractivity contribution is 0.271. The van der Waals surface area contributed by atoms with Gasteiger partial charge in [0.05, 0.1) is 15.3 Å². The molecule has 0 bridgehead atoms. The first-order chi connectivity index (χ1) is 9.17. The highest BCUT2D eigenvalue weighted by Crippen LogP contribution is 2.20. The van der Waals surface area contributed by atoms with Crippen molar-refractivity contribution in [3.8, 4) is 5.75 Å². The Hall–Kier alpha value is 0.170. The minimum Gasteiger partial charge on any atom is -0.508 e. The average Bonchev–Trinajstić information content (AvgIpc) is 2.93. The molecule has 4 nitrogen and oxygen atoms in total. The van der Waals surface area contributed by atoms with Crippen molar-refractivity contribution >= 4 is 48.1 Å². The van der Waals surface area contributed by atoms with Crippen molar-refractivity contribution in [2.45, 2.75) is 12.5 Å². The van der Waals surface area contributed by atoms with Gasteiger partial charge in [-0.25, -0.2) is 0 Å². The summed E-state index contributed by atoms with van der Waals surface area (Å²) in [5.41, 5.74) is 1.09. The lowest BCUT2D eigenvalue weighted by Crippen LogP contribution is -2.13. The predicted molar refractivity (Wildman–Crippen MR) is 94.0 cm³/mol. The second-order valence-electron chi connectivity index (χ2n) is 3.97. The van der Waals surface area contributed by atoms with Gasteiger partial charge in [0.15, 0.2) is 0 Å². The maximum absolute atomic E-state index is 8.99. The van der Waals surface area contributed by atoms with Crippen molar-refractivity contribution in [2.24, 2.45) is 0 Å². The maximum Gasteiger partial charge on any atom is 0.115 e. The molecule has 1 aliphatic rings. The molecule has 0 spiro atoms. The zero-order valence-electron chi connectivity index (χ0n) is 11.0. The Labute approximate surface area is 135 Å². The largest absolute Gasteiger partial charge is 0.508 e. The Balaban J connectivity index is 0.000000200. The van der Waals surface area contributed by atoms with Crippen LogP contribution >= 0.6 is 42.4 Å². The molecule has 0 radical (unpaired) electrons. The number of rotatable bonds is 4. The van der Waals surface area contributed by atoms with Gasteiger partial charge in [-0.15, -0.1) is 0 Å². The van der Waals surface area contributed by atoms with E-state index in [2.05, 4.69) is 26.5 Å². The van der Waals surface area contributed by atoms with E-state index in [1.165, 1.54) is 9.21 Å². The molecular weight excluding hydrogens is 395 g/mol. The summed E-state index contributed by atoms with van der Waals surface area (Å²) in [5, 5.41) is 12.2. The summed E-state index contributed by atoms with van der Waals surface area (Å²) in [6.07, 6.45) is 3.62. The van der Waals surface area contributed by atoms with Crippen molar-refractivity contribution < 1.29 is 9.29 Å². The average molecular weight is 414 g/mol. The molecule has 19 heavy (non-hydrogen) atoms. The highest BCUT2D eigenvalue weighted by Gasteiger charge is 2.13. The summed E-state index contributed by atoms with van der Waals surface area (Å²) in [5.74, 6) is 0.309. The second-order valence-corrected chi connectivity index (χ2v) is 6.28. The van der Waals surface area contributed by atoms with Gasteiger partial charge in [0.2, 0.25) is 0 Å². The lowest BCUT2D eigenvalue weighted by atomic mass is 10.3. The molecule has 7 heteroatoms. The maximum atomic E-state index is 8.99. The molecule has 1 fully saturated rings. The fourth-order valence-corrected chi connectivity index (χ4v) is 3.01. The summed E-state index contributed by atoms with van der Waals surface area (Å²) in [4.78, 5) is 0. The van der Waals surface area contributed by atoms with Gasteiger partial charge >= 0.3 is 0 Å². The number of aromatic hydroxyl groups is 1. The first kappa shape index (κ1) is 17.2. The third-order valence-electron chi connectivity index (χ3n) is 2.67. The number of anilines is 1. The van der Waals surface area contributed by atoms with Crippen LogP contribution in [0.25, 0.3) is 0 Å². The van der Waals surface area contributed by atoms with E-state index in [1.807, 2.05) is 29.7 Å². The zero-order valence-corrected chi connectivity index (χ0v) is 14.8. The number of benzene rings is 1. The van der Waals surface area contributed by atoms with E-state index < -0.39 is 0 Å². The van der Waals surface area contributed by atoms with Gasteiger partial charge < -0.3 is 18.9 Å². The molecular formula is C12H19IN2O2S2. The third kappa shape index (κ3) is 6.94. The zero-order chi connectivity index (χ0) is 14.1. The molecule has 2 N–H and O–H groups in total. The van der Waals surface area contributed by atoms with Gasteiger partial charge in [0, 0.05) is 46.7 Å². The van der Waals surface area contributed by atoms with Crippen molar-refractivity contribution in [2.75, 3.05) is 30.7 Å². The van der Waals surface area contributed by atoms with E-state index in [1.54, 1.807) is 24.1 Å². The van der Waals surface area contributed by atoms with Crippen LogP contribution in [0, 0.1) is 0 Å². The van der Waals surface area contributed by atoms with Crippen molar-refractivity contribution in [3.63, 3.8) is 0 Å². The summed E-state index contributed by atoms with van der Waals surface area (Å²) in [6, 6.07) is 7.13. The van der Waals surface area contributed by atoms with Gasteiger partial charge in [-0.3, -0.25) is 0 Å². The molecule has 1 atom stereocenters. The Kier molecular flexibility index (Phi) is 9.04. The molecule has 0 aliphatic carbocycles. The predicted octanol–water partition coefficient (Wildman–Crippen LogP) is 3.47. The fraction of sp³-hybridized carbons (Fsp3) is 0.500. The van der Waals surface area contributed by atoms with Crippen LogP contribution in [0.5, 0.6) is 5.75 Å². The SMILES string of the molecule is CSN(C)c1ccc(O)cc1.ISO[C@H]1CCNC1. The molecule has 1 heterocycles. The highest BCUT2D eigenvalue weighted by molar-refractivity contribution is 14.2. The first-order valence-electron chi connectivity index (χ1n) is 5.89. The third-order valence-corrected chi connectivity index (χ3v) is 4.40. The van der Waals surface area contributed by atoms with Crippen molar-refractivity contribution in [1.82, 2.24) is 5.32 Å². The van der Waals surface area contributed by atoms with E-state index in [0.29, 0.717) is 11.9 Å². The van der Waals surface area contributed by atoms with Crippen molar-refractivity contribution in [3.05, 3.63) is 24.3 Å². The quantitative estimate of drug-likeness (QED) is 0.447. The van der Waals surface area contributed by atoms with Gasteiger partial charge in [-0.2, -0.15) is 0 Å². The van der Waals surface area contributed by atoms with E-state index in [4.69, 9.17) is 9.29 Å². The molecule has 1 aliphatic heterocycles. The summed E-state index contributed by atoms with van der Waals surface area (Å²) in [7, 11) is 3.41. The lowest BCUT2D eigenvalue weighted by Gasteiger charge is -2.14. The van der Waals surface area contributed by atoms with Crippen LogP contribution in [0.3, 0.4) is 0 Å². The van der Waals surface area contributed by atoms with Gasteiger partial charge in [0.25, 0.3) is 0 Å². The summed E-state index contributed by atoms with van der Waals surface area (Å²) < 4.78 is 7.27. The molecule has 1 aromatic carbocycles. The van der Waals surface area contributed by atoms with Crippen LogP contribution in [0.2, 0.25) is 0 Å². The Bertz CT molecular complexity index is 348. The number of nitrogens with one attached hydrogen (secondary N) is 1. The summed E-state index contributed by atoms with van der Waals surface area (Å²) >= 11 is 3.78. The number of hydrogen-bond acceptors (Lipinski definition) is 6. The molecule has 2 rings (SSSR count). The Morgan fingerprint density at radius 2 is 2.11 bits per heavy atom. The number of phenolic OH excluding ortho intramolecular Hbond substituents is 1. The fourth-order valence-electron chi connectivity index (χ4n) is 1.53. The highest BCUT2D eigenvalue weighted by atomic mass is 127. The number of nitrogens with zero attached hydrogens (tertiary/aromatic N) is 1. The second kappa shape index (κ2) is 9.98. The van der Waals surface area contributed by atoms with Crippen LogP contribution in [0.15, 0.2) is 24.3 Å². The molecule has 1 aromatic rings. The van der Waals surface area contributed by atoms with E-state index in [9.17, 15) is 0 Å². The minimum atomic E-state index is 0.309. The molecule has 0 aromatic heterocycles. The summed E-state index contributed by atoms with van der Waals surface area (Å²) in [6.45, 7) is 2.14. The number of phenols is 1. The molecule has 0 unspecified atom stereocenters. The van der Waals surface area contributed by atoms with Crippen LogP contribution in [-0.4, -0.2) is 37.6 Å². The van der Waals surface area contributed by atoms with Gasteiger partial charge in [0.1, 0.15) is 5.75 Å². The van der Waals surface area contributed by atoms with Gasteiger partial charge in [-0.05, 0) is 37.2 Å². The Morgan fingerprint density at radius 3 is 2.58 bits per heavy atom. The van der Waals surface area contributed by atoms with Gasteiger partial charge in [-0.1, -0.05) is 11.9 Å². The van der Waals surface area contributed by atoms with E-state index in [-0.39, 0.29) is 0 Å². The first-order valence-corrected chi connectivity index (χ1v) is 10.4. The monoisotopic (exact) mass is 414 g/mol. The van der Waals surface area contributed by atoms with Crippen molar-refractivity contribution in [1.29, 1.82) is 0 Å². The topological polar surface area (TPSA) is 44.7 Å². The molecule has 0 saturated carbocycles. The normalized spacial score (nSPS) is 17.7. The standard InChI is InChI=1S/C8H11NOS.C4H8INOS/c1-9(11-2)7-3-5-8(10)6-4-7;5-8-7-4-1-2-6-3-4/h3-6,10H,1-2H3;4,6H,1-3H2/t;4-/m.0/s1. The minimum absolute atomic E-state index is 0.309. The number of halogens is 1.